The molecule has 0 radical (unpaired) electrons. The van der Waals surface area contributed by atoms with Gasteiger partial charge in [-0.3, -0.25) is 9.59 Å². The minimum absolute atomic E-state index is 0.0652. The Morgan fingerprint density at radius 2 is 2.24 bits per heavy atom. The van der Waals surface area contributed by atoms with E-state index in [-0.39, 0.29) is 17.9 Å². The zero-order chi connectivity index (χ0) is 20.0. The lowest BCUT2D eigenvalue weighted by atomic mass is 10.1. The Morgan fingerprint density at radius 3 is 3.10 bits per heavy atom. The average molecular weight is 396 g/mol. The van der Waals surface area contributed by atoms with Gasteiger partial charge in [0.2, 0.25) is 23.5 Å². The number of rotatable bonds is 5. The molecule has 0 saturated carbocycles. The number of likely N-dealkylation sites (tertiary alicyclic amines) is 1. The number of hydrogen-bond donors (Lipinski definition) is 0. The predicted octanol–water partition coefficient (Wildman–Crippen LogP) is 1.93. The highest BCUT2D eigenvalue weighted by Gasteiger charge is 2.62. The number of benzene rings is 1. The Bertz CT molecular complexity index is 958. The van der Waals surface area contributed by atoms with Crippen LogP contribution < -0.4 is 0 Å². The number of amides is 2. The second-order valence-corrected chi connectivity index (χ2v) is 8.03. The zero-order valence-electron chi connectivity index (χ0n) is 16.5. The van der Waals surface area contributed by atoms with Crippen LogP contribution in [0.2, 0.25) is 0 Å². The molecule has 0 aliphatic carbocycles. The largest absolute Gasteiger partial charge is 0.351 e. The van der Waals surface area contributed by atoms with Gasteiger partial charge in [-0.1, -0.05) is 28.9 Å². The summed E-state index contributed by atoms with van der Waals surface area (Å²) in [5.41, 5.74) is 1.49. The van der Waals surface area contributed by atoms with Crippen LogP contribution in [0.5, 0.6) is 0 Å². The van der Waals surface area contributed by atoms with Crippen molar-refractivity contribution in [2.75, 3.05) is 19.7 Å². The molecule has 2 atom stereocenters. The molecule has 3 saturated heterocycles. The van der Waals surface area contributed by atoms with Crippen LogP contribution in [0.1, 0.15) is 37.1 Å². The number of ether oxygens (including phenoxy) is 1. The van der Waals surface area contributed by atoms with Gasteiger partial charge in [0, 0.05) is 37.9 Å². The summed E-state index contributed by atoms with van der Waals surface area (Å²) in [5, 5.41) is 4.05. The lowest BCUT2D eigenvalue weighted by molar-refractivity contribution is -0.139. The van der Waals surface area contributed by atoms with E-state index in [1.807, 2.05) is 41.0 Å². The van der Waals surface area contributed by atoms with Crippen molar-refractivity contribution in [1.29, 1.82) is 0 Å². The summed E-state index contributed by atoms with van der Waals surface area (Å²) in [7, 11) is 0. The normalized spacial score (nSPS) is 25.6. The van der Waals surface area contributed by atoms with Crippen molar-refractivity contribution in [3.8, 4) is 11.4 Å². The summed E-state index contributed by atoms with van der Waals surface area (Å²) in [6.45, 7) is 3.86. The number of aromatic nitrogens is 2. The molecule has 8 heteroatoms. The van der Waals surface area contributed by atoms with Crippen LogP contribution in [0.3, 0.4) is 0 Å². The molecular weight excluding hydrogens is 372 g/mol. The van der Waals surface area contributed by atoms with E-state index in [2.05, 4.69) is 10.1 Å². The molecule has 8 nitrogen and oxygen atoms in total. The van der Waals surface area contributed by atoms with E-state index in [1.165, 1.54) is 0 Å². The number of hydrogen-bond acceptors (Lipinski definition) is 6. The fourth-order valence-electron chi connectivity index (χ4n) is 4.88. The Kier molecular flexibility index (Phi) is 4.38. The van der Waals surface area contributed by atoms with E-state index in [0.717, 1.165) is 11.1 Å². The Hall–Kier alpha value is -2.74. The van der Waals surface area contributed by atoms with E-state index < -0.39 is 5.72 Å². The summed E-state index contributed by atoms with van der Waals surface area (Å²) in [6, 6.07) is 7.79. The van der Waals surface area contributed by atoms with Gasteiger partial charge in [-0.2, -0.15) is 4.98 Å². The summed E-state index contributed by atoms with van der Waals surface area (Å²) in [4.78, 5) is 33.2. The van der Waals surface area contributed by atoms with Gasteiger partial charge in [0.1, 0.15) is 0 Å². The third-order valence-corrected chi connectivity index (χ3v) is 6.25. The van der Waals surface area contributed by atoms with Crippen LogP contribution in [0, 0.1) is 6.92 Å². The molecule has 2 aromatic rings. The average Bonchev–Trinajstić information content (AvgIpc) is 3.45. The molecule has 29 heavy (non-hydrogen) atoms. The van der Waals surface area contributed by atoms with Crippen molar-refractivity contribution in [1.82, 2.24) is 19.9 Å². The number of carbonyl (C=O) groups is 2. The van der Waals surface area contributed by atoms with E-state index in [1.54, 1.807) is 0 Å². The maximum atomic E-state index is 12.8. The molecular formula is C21H24N4O4. The van der Waals surface area contributed by atoms with Crippen molar-refractivity contribution >= 4 is 11.8 Å². The molecule has 1 spiro atoms. The first-order valence-electron chi connectivity index (χ1n) is 10.2. The third-order valence-electron chi connectivity index (χ3n) is 6.25. The highest BCUT2D eigenvalue weighted by Crippen LogP contribution is 2.45. The van der Waals surface area contributed by atoms with Crippen LogP contribution in [0.25, 0.3) is 11.4 Å². The van der Waals surface area contributed by atoms with Crippen molar-refractivity contribution in [2.24, 2.45) is 0 Å². The molecule has 0 bridgehead atoms. The Balaban J connectivity index is 1.18. The number of carbonyl (C=O) groups excluding carboxylic acids is 2. The van der Waals surface area contributed by atoms with Gasteiger partial charge in [-0.15, -0.1) is 0 Å². The molecule has 4 heterocycles. The van der Waals surface area contributed by atoms with Gasteiger partial charge < -0.3 is 19.1 Å². The molecule has 152 valence electrons. The van der Waals surface area contributed by atoms with E-state index >= 15 is 0 Å². The van der Waals surface area contributed by atoms with Crippen molar-refractivity contribution in [3.63, 3.8) is 0 Å². The van der Waals surface area contributed by atoms with Gasteiger partial charge >= 0.3 is 0 Å². The van der Waals surface area contributed by atoms with Crippen LogP contribution in [0.4, 0.5) is 0 Å². The first-order valence-corrected chi connectivity index (χ1v) is 10.2. The zero-order valence-corrected chi connectivity index (χ0v) is 16.5. The van der Waals surface area contributed by atoms with Crippen molar-refractivity contribution in [3.05, 3.63) is 35.7 Å². The Morgan fingerprint density at radius 1 is 1.34 bits per heavy atom. The first kappa shape index (κ1) is 18.3. The molecule has 2 amide bonds. The molecule has 3 fully saturated rings. The monoisotopic (exact) mass is 396 g/mol. The van der Waals surface area contributed by atoms with Gasteiger partial charge in [-0.05, 0) is 19.4 Å². The summed E-state index contributed by atoms with van der Waals surface area (Å²) < 4.78 is 11.3. The molecule has 0 unspecified atom stereocenters. The van der Waals surface area contributed by atoms with Gasteiger partial charge in [0.05, 0.1) is 19.1 Å². The van der Waals surface area contributed by atoms with Crippen molar-refractivity contribution < 1.29 is 18.8 Å². The second kappa shape index (κ2) is 6.95. The second-order valence-electron chi connectivity index (χ2n) is 8.03. The fraction of sp³-hybridized carbons (Fsp3) is 0.524. The maximum Gasteiger partial charge on any atom is 0.227 e. The summed E-state index contributed by atoms with van der Waals surface area (Å²) in [5.74, 6) is 1.27. The van der Waals surface area contributed by atoms with Gasteiger partial charge in [0.15, 0.2) is 5.72 Å². The number of aryl methyl sites for hydroxylation is 2. The molecule has 0 N–H and O–H groups in total. The predicted molar refractivity (Wildman–Crippen MR) is 103 cm³/mol. The quantitative estimate of drug-likeness (QED) is 0.767. The standard InChI is InChI=1S/C21H24N4O4/c1-14-4-2-5-15(12-14)20-22-17(29-23-20)6-3-7-18(26)24-9-8-21-16(24)13-19(27)25(21)10-11-28-21/h2,4-5,12,16H,3,6-11,13H2,1H3/t16-,21+/m1/s1. The lowest BCUT2D eigenvalue weighted by Crippen LogP contribution is -2.48. The lowest BCUT2D eigenvalue weighted by Gasteiger charge is -2.31. The van der Waals surface area contributed by atoms with E-state index in [9.17, 15) is 9.59 Å². The molecule has 3 aliphatic rings. The van der Waals surface area contributed by atoms with Crippen LogP contribution in [-0.4, -0.2) is 63.2 Å². The third kappa shape index (κ3) is 3.02. The maximum absolute atomic E-state index is 12.8. The van der Waals surface area contributed by atoms with E-state index in [0.29, 0.717) is 63.5 Å². The molecule has 1 aromatic carbocycles. The smallest absolute Gasteiger partial charge is 0.227 e. The first-order chi connectivity index (χ1) is 14.1. The van der Waals surface area contributed by atoms with Gasteiger partial charge in [0.25, 0.3) is 0 Å². The highest BCUT2D eigenvalue weighted by atomic mass is 16.5. The SMILES string of the molecule is Cc1cccc(-c2noc(CCCC(=O)N3CC[C@@]45OCCN4C(=O)C[C@@H]35)n2)c1. The molecule has 3 aliphatic heterocycles. The van der Waals surface area contributed by atoms with E-state index in [4.69, 9.17) is 9.26 Å². The topological polar surface area (TPSA) is 88.8 Å². The minimum Gasteiger partial charge on any atom is -0.351 e. The summed E-state index contributed by atoms with van der Waals surface area (Å²) in [6.07, 6.45) is 2.65. The molecule has 5 rings (SSSR count). The van der Waals surface area contributed by atoms with Crippen LogP contribution in [0.15, 0.2) is 28.8 Å². The van der Waals surface area contributed by atoms with Gasteiger partial charge in [-0.25, -0.2) is 0 Å². The van der Waals surface area contributed by atoms with Crippen LogP contribution >= 0.6 is 0 Å². The fourth-order valence-corrected chi connectivity index (χ4v) is 4.88. The van der Waals surface area contributed by atoms with Crippen molar-refractivity contribution in [2.45, 2.75) is 50.8 Å². The van der Waals surface area contributed by atoms with Crippen LogP contribution in [-0.2, 0) is 20.7 Å². The Labute approximate surface area is 168 Å². The number of nitrogens with zero attached hydrogens (tertiary/aromatic N) is 4. The summed E-state index contributed by atoms with van der Waals surface area (Å²) >= 11 is 0. The molecule has 1 aromatic heterocycles. The minimum atomic E-state index is -0.568. The highest BCUT2D eigenvalue weighted by molar-refractivity contribution is 5.84.